The smallest absolute Gasteiger partial charge is 0.00793 e. The van der Waals surface area contributed by atoms with Crippen molar-refractivity contribution in [3.8, 4) is 0 Å². The Bertz CT molecular complexity index is 185. The molecule has 0 aromatic rings. The van der Waals surface area contributed by atoms with Gasteiger partial charge < -0.3 is 10.6 Å². The van der Waals surface area contributed by atoms with Crippen molar-refractivity contribution in [1.82, 2.24) is 4.90 Å². The minimum absolute atomic E-state index is 0.484. The molecule has 0 amide bonds. The zero-order valence-corrected chi connectivity index (χ0v) is 10.1. The Morgan fingerprint density at radius 1 is 1.07 bits per heavy atom. The Balaban J connectivity index is 1.75. The first kappa shape index (κ1) is 11.4. The third-order valence-electron chi connectivity index (χ3n) is 4.34. The van der Waals surface area contributed by atoms with E-state index < -0.39 is 0 Å². The van der Waals surface area contributed by atoms with Crippen molar-refractivity contribution in [1.29, 1.82) is 0 Å². The summed E-state index contributed by atoms with van der Waals surface area (Å²) in [5, 5.41) is 0. The molecule has 0 aromatic heterocycles. The average molecular weight is 210 g/mol. The molecule has 0 radical (unpaired) electrons. The molecule has 2 nitrogen and oxygen atoms in total. The number of hydrogen-bond donors (Lipinski definition) is 1. The summed E-state index contributed by atoms with van der Waals surface area (Å²) in [5.74, 6) is 1.73. The van der Waals surface area contributed by atoms with Gasteiger partial charge in [-0.15, -0.1) is 0 Å². The molecule has 2 fully saturated rings. The quantitative estimate of drug-likeness (QED) is 0.757. The molecule has 0 aromatic carbocycles. The molecule has 0 spiro atoms. The maximum Gasteiger partial charge on any atom is 0.00793 e. The number of nitrogens with zero attached hydrogens (tertiary/aromatic N) is 1. The first-order valence-electron chi connectivity index (χ1n) is 6.73. The Morgan fingerprint density at radius 2 is 1.73 bits per heavy atom. The highest BCUT2D eigenvalue weighted by Crippen LogP contribution is 2.25. The topological polar surface area (TPSA) is 29.3 Å². The molecule has 0 unspecified atom stereocenters. The normalized spacial score (nSPS) is 35.6. The summed E-state index contributed by atoms with van der Waals surface area (Å²) in [7, 11) is 0. The molecule has 1 saturated carbocycles. The van der Waals surface area contributed by atoms with Gasteiger partial charge in [-0.3, -0.25) is 0 Å². The predicted molar refractivity (Wildman–Crippen MR) is 64.8 cm³/mol. The van der Waals surface area contributed by atoms with Crippen LogP contribution in [-0.4, -0.2) is 30.6 Å². The van der Waals surface area contributed by atoms with Crippen molar-refractivity contribution in [3.63, 3.8) is 0 Å². The average Bonchev–Trinajstić information content (AvgIpc) is 2.25. The van der Waals surface area contributed by atoms with Gasteiger partial charge in [0, 0.05) is 12.6 Å². The van der Waals surface area contributed by atoms with Gasteiger partial charge >= 0.3 is 0 Å². The van der Waals surface area contributed by atoms with Crippen LogP contribution in [0.25, 0.3) is 0 Å². The van der Waals surface area contributed by atoms with E-state index in [1.807, 2.05) is 0 Å². The lowest BCUT2D eigenvalue weighted by Crippen LogP contribution is -2.43. The second-order valence-electron chi connectivity index (χ2n) is 5.69. The molecule has 2 heteroatoms. The highest BCUT2D eigenvalue weighted by molar-refractivity contribution is 4.82. The third-order valence-corrected chi connectivity index (χ3v) is 4.34. The number of piperidine rings is 1. The Labute approximate surface area is 94.2 Å². The van der Waals surface area contributed by atoms with Crippen molar-refractivity contribution in [3.05, 3.63) is 0 Å². The monoisotopic (exact) mass is 210 g/mol. The number of nitrogens with two attached hydrogens (primary N) is 1. The van der Waals surface area contributed by atoms with Crippen LogP contribution in [0.3, 0.4) is 0 Å². The van der Waals surface area contributed by atoms with Gasteiger partial charge in [0.2, 0.25) is 0 Å². The molecule has 1 saturated heterocycles. The number of hydrogen-bond acceptors (Lipinski definition) is 2. The largest absolute Gasteiger partial charge is 0.327 e. The summed E-state index contributed by atoms with van der Waals surface area (Å²) in [4.78, 5) is 2.65. The second-order valence-corrected chi connectivity index (χ2v) is 5.69. The van der Waals surface area contributed by atoms with Crippen molar-refractivity contribution in [2.75, 3.05) is 19.6 Å². The zero-order chi connectivity index (χ0) is 10.7. The van der Waals surface area contributed by atoms with Crippen molar-refractivity contribution < 1.29 is 0 Å². The van der Waals surface area contributed by atoms with Gasteiger partial charge in [0.1, 0.15) is 0 Å². The third kappa shape index (κ3) is 3.18. The van der Waals surface area contributed by atoms with Crippen LogP contribution in [0.1, 0.15) is 45.4 Å². The van der Waals surface area contributed by atoms with Crippen LogP contribution >= 0.6 is 0 Å². The SMILES string of the molecule is CC1CCN(C[C@@H]2CCCC[C@@H]2N)CC1. The summed E-state index contributed by atoms with van der Waals surface area (Å²) in [6, 6.07) is 0.484. The van der Waals surface area contributed by atoms with Crippen molar-refractivity contribution in [2.45, 2.75) is 51.5 Å². The maximum absolute atomic E-state index is 6.20. The Hall–Kier alpha value is -0.0800. The van der Waals surface area contributed by atoms with Crippen LogP contribution in [-0.2, 0) is 0 Å². The molecule has 88 valence electrons. The van der Waals surface area contributed by atoms with Crippen LogP contribution in [0.2, 0.25) is 0 Å². The molecule has 0 bridgehead atoms. The Kier molecular flexibility index (Phi) is 4.04. The van der Waals surface area contributed by atoms with E-state index in [-0.39, 0.29) is 0 Å². The fourth-order valence-electron chi connectivity index (χ4n) is 3.04. The highest BCUT2D eigenvalue weighted by Gasteiger charge is 2.25. The molecule has 2 aliphatic rings. The Morgan fingerprint density at radius 3 is 2.40 bits per heavy atom. The fraction of sp³-hybridized carbons (Fsp3) is 1.00. The summed E-state index contributed by atoms with van der Waals surface area (Å²) in [6.07, 6.45) is 8.17. The molecule has 1 heterocycles. The molecule has 2 atom stereocenters. The summed E-state index contributed by atoms with van der Waals surface area (Å²) < 4.78 is 0. The minimum atomic E-state index is 0.484. The maximum atomic E-state index is 6.20. The van der Waals surface area contributed by atoms with E-state index in [1.54, 1.807) is 0 Å². The van der Waals surface area contributed by atoms with Gasteiger partial charge in [-0.05, 0) is 50.6 Å². The molecular weight excluding hydrogens is 184 g/mol. The van der Waals surface area contributed by atoms with Crippen molar-refractivity contribution in [2.24, 2.45) is 17.6 Å². The van der Waals surface area contributed by atoms with E-state index in [1.165, 1.54) is 58.2 Å². The van der Waals surface area contributed by atoms with E-state index in [0.717, 1.165) is 11.8 Å². The first-order chi connectivity index (χ1) is 7.25. The molecule has 2 N–H and O–H groups in total. The minimum Gasteiger partial charge on any atom is -0.327 e. The van der Waals surface area contributed by atoms with Crippen LogP contribution in [0.5, 0.6) is 0 Å². The number of likely N-dealkylation sites (tertiary alicyclic amines) is 1. The van der Waals surface area contributed by atoms with Crippen LogP contribution in [0.15, 0.2) is 0 Å². The summed E-state index contributed by atoms with van der Waals surface area (Å²) in [6.45, 7) is 6.27. The van der Waals surface area contributed by atoms with Gasteiger partial charge in [-0.1, -0.05) is 19.8 Å². The van der Waals surface area contributed by atoms with E-state index in [9.17, 15) is 0 Å². The van der Waals surface area contributed by atoms with E-state index in [2.05, 4.69) is 11.8 Å². The summed E-state index contributed by atoms with van der Waals surface area (Å²) >= 11 is 0. The first-order valence-corrected chi connectivity index (χ1v) is 6.73. The van der Waals surface area contributed by atoms with Crippen LogP contribution in [0.4, 0.5) is 0 Å². The zero-order valence-electron chi connectivity index (χ0n) is 10.1. The lowest BCUT2D eigenvalue weighted by Gasteiger charge is -2.36. The lowest BCUT2D eigenvalue weighted by molar-refractivity contribution is 0.141. The van der Waals surface area contributed by atoms with E-state index in [4.69, 9.17) is 5.73 Å². The van der Waals surface area contributed by atoms with Gasteiger partial charge in [-0.2, -0.15) is 0 Å². The predicted octanol–water partition coefficient (Wildman–Crippen LogP) is 2.24. The van der Waals surface area contributed by atoms with Crippen molar-refractivity contribution >= 4 is 0 Å². The molecule has 15 heavy (non-hydrogen) atoms. The van der Waals surface area contributed by atoms with E-state index >= 15 is 0 Å². The van der Waals surface area contributed by atoms with Gasteiger partial charge in [-0.25, -0.2) is 0 Å². The van der Waals surface area contributed by atoms with Crippen LogP contribution < -0.4 is 5.73 Å². The lowest BCUT2D eigenvalue weighted by atomic mass is 9.84. The van der Waals surface area contributed by atoms with Crippen LogP contribution in [0, 0.1) is 11.8 Å². The molecule has 1 aliphatic carbocycles. The molecule has 2 rings (SSSR count). The van der Waals surface area contributed by atoms with Gasteiger partial charge in [0.25, 0.3) is 0 Å². The van der Waals surface area contributed by atoms with Gasteiger partial charge in [0.15, 0.2) is 0 Å². The second kappa shape index (κ2) is 5.31. The fourth-order valence-corrected chi connectivity index (χ4v) is 3.04. The molecular formula is C13H26N2. The number of rotatable bonds is 2. The van der Waals surface area contributed by atoms with E-state index in [0.29, 0.717) is 6.04 Å². The highest BCUT2D eigenvalue weighted by atomic mass is 15.1. The van der Waals surface area contributed by atoms with Gasteiger partial charge in [0.05, 0.1) is 0 Å². The summed E-state index contributed by atoms with van der Waals surface area (Å²) in [5.41, 5.74) is 6.20. The molecule has 1 aliphatic heterocycles. The standard InChI is InChI=1S/C13H26N2/c1-11-6-8-15(9-7-11)10-12-4-2-3-5-13(12)14/h11-13H,2-10,14H2,1H3/t12-,13-/m0/s1.